The molecule has 1 aliphatic heterocycles. The molecule has 1 saturated heterocycles. The van der Waals surface area contributed by atoms with Crippen molar-refractivity contribution in [1.29, 1.82) is 0 Å². The summed E-state index contributed by atoms with van der Waals surface area (Å²) in [6.07, 6.45) is 9.99. The summed E-state index contributed by atoms with van der Waals surface area (Å²) in [5, 5.41) is 0. The molecule has 3 heteroatoms. The molecule has 2 fully saturated rings. The fourth-order valence-corrected chi connectivity index (χ4v) is 3.25. The van der Waals surface area contributed by atoms with Crippen molar-refractivity contribution < 1.29 is 9.53 Å². The lowest BCUT2D eigenvalue weighted by molar-refractivity contribution is -0.138. The average molecular weight is 265 g/mol. The molecule has 0 spiro atoms. The van der Waals surface area contributed by atoms with E-state index >= 15 is 0 Å². The predicted octanol–water partition coefficient (Wildman–Crippen LogP) is 3.01. The molecule has 3 nitrogen and oxygen atoms in total. The quantitative estimate of drug-likeness (QED) is 0.565. The summed E-state index contributed by atoms with van der Waals surface area (Å²) >= 11 is 0. The van der Waals surface area contributed by atoms with Crippen LogP contribution in [0.3, 0.4) is 0 Å². The molecule has 0 aromatic carbocycles. The van der Waals surface area contributed by atoms with Crippen molar-refractivity contribution in [3.05, 3.63) is 12.7 Å². The topological polar surface area (TPSA) is 29.5 Å². The molecular weight excluding hydrogens is 238 g/mol. The molecule has 0 atom stereocenters. The van der Waals surface area contributed by atoms with E-state index in [4.69, 9.17) is 4.74 Å². The number of rotatable bonds is 5. The Morgan fingerprint density at radius 1 is 1.16 bits per heavy atom. The van der Waals surface area contributed by atoms with Crippen LogP contribution in [0.2, 0.25) is 0 Å². The summed E-state index contributed by atoms with van der Waals surface area (Å²) < 4.78 is 5.51. The van der Waals surface area contributed by atoms with Gasteiger partial charge in [-0.25, -0.2) is 0 Å². The van der Waals surface area contributed by atoms with Gasteiger partial charge in [-0.2, -0.15) is 0 Å². The van der Waals surface area contributed by atoms with E-state index in [9.17, 15) is 4.79 Å². The molecule has 0 N–H and O–H groups in total. The van der Waals surface area contributed by atoms with E-state index in [2.05, 4.69) is 11.5 Å². The van der Waals surface area contributed by atoms with Gasteiger partial charge in [0.25, 0.3) is 0 Å². The number of piperidine rings is 1. The largest absolute Gasteiger partial charge is 0.377 e. The number of likely N-dealkylation sites (tertiary alicyclic amines) is 1. The van der Waals surface area contributed by atoms with Crippen LogP contribution in [0.5, 0.6) is 0 Å². The number of hydrogen-bond acceptors (Lipinski definition) is 2. The van der Waals surface area contributed by atoms with Crippen LogP contribution >= 0.6 is 0 Å². The Balaban J connectivity index is 1.69. The second-order valence-electron chi connectivity index (χ2n) is 5.93. The summed E-state index contributed by atoms with van der Waals surface area (Å²) in [6.45, 7) is 6.97. The minimum atomic E-state index is 0.322. The molecule has 0 aromatic heterocycles. The van der Waals surface area contributed by atoms with Gasteiger partial charge in [-0.15, -0.1) is 6.58 Å². The number of carbonyl (C=O) groups is 1. The summed E-state index contributed by atoms with van der Waals surface area (Å²) in [7, 11) is 0. The second kappa shape index (κ2) is 7.68. The van der Waals surface area contributed by atoms with E-state index in [1.54, 1.807) is 6.08 Å². The van der Waals surface area contributed by atoms with E-state index in [1.165, 1.54) is 19.3 Å². The average Bonchev–Trinajstić information content (AvgIpc) is 2.48. The van der Waals surface area contributed by atoms with E-state index in [0.717, 1.165) is 45.4 Å². The molecule has 0 radical (unpaired) electrons. The van der Waals surface area contributed by atoms with Crippen LogP contribution in [0.25, 0.3) is 0 Å². The summed E-state index contributed by atoms with van der Waals surface area (Å²) in [6, 6.07) is 0. The van der Waals surface area contributed by atoms with E-state index in [0.29, 0.717) is 24.3 Å². The molecule has 1 amide bonds. The molecule has 0 unspecified atom stereocenters. The van der Waals surface area contributed by atoms with Gasteiger partial charge in [-0.05, 0) is 31.6 Å². The molecule has 0 bridgehead atoms. The lowest BCUT2D eigenvalue weighted by Gasteiger charge is -2.35. The standard InChI is InChI=1S/C16H27NO2/c1-2-12-19-13-14-8-10-17(11-9-14)16(18)15-6-4-3-5-7-15/h2,14-15H,1,3-13H2. The molecule has 2 rings (SSSR count). The SMILES string of the molecule is C=CCOCC1CCN(C(=O)C2CCCCC2)CC1. The summed E-state index contributed by atoms with van der Waals surface area (Å²) in [5.74, 6) is 1.36. The van der Waals surface area contributed by atoms with Crippen LogP contribution in [-0.4, -0.2) is 37.1 Å². The Morgan fingerprint density at radius 2 is 1.84 bits per heavy atom. The van der Waals surface area contributed by atoms with Gasteiger partial charge in [0, 0.05) is 25.6 Å². The van der Waals surface area contributed by atoms with Crippen LogP contribution in [0.15, 0.2) is 12.7 Å². The van der Waals surface area contributed by atoms with Crippen molar-refractivity contribution in [3.63, 3.8) is 0 Å². The number of ether oxygens (including phenoxy) is 1. The highest BCUT2D eigenvalue weighted by molar-refractivity contribution is 5.79. The van der Waals surface area contributed by atoms with Crippen molar-refractivity contribution in [2.45, 2.75) is 44.9 Å². The first-order valence-corrected chi connectivity index (χ1v) is 7.78. The van der Waals surface area contributed by atoms with Crippen molar-refractivity contribution in [3.8, 4) is 0 Å². The third-order valence-corrected chi connectivity index (χ3v) is 4.47. The zero-order valence-electron chi connectivity index (χ0n) is 12.0. The van der Waals surface area contributed by atoms with E-state index in [1.807, 2.05) is 0 Å². The molecule has 1 heterocycles. The fraction of sp³-hybridized carbons (Fsp3) is 0.812. The van der Waals surface area contributed by atoms with Gasteiger partial charge in [-0.3, -0.25) is 4.79 Å². The van der Waals surface area contributed by atoms with Crippen molar-refractivity contribution in [1.82, 2.24) is 4.90 Å². The summed E-state index contributed by atoms with van der Waals surface area (Å²) in [4.78, 5) is 14.5. The highest BCUT2D eigenvalue weighted by Gasteiger charge is 2.28. The highest BCUT2D eigenvalue weighted by atomic mass is 16.5. The van der Waals surface area contributed by atoms with Crippen LogP contribution in [0.1, 0.15) is 44.9 Å². The third kappa shape index (κ3) is 4.34. The minimum absolute atomic E-state index is 0.322. The number of carbonyl (C=O) groups excluding carboxylic acids is 1. The lowest BCUT2D eigenvalue weighted by Crippen LogP contribution is -2.42. The van der Waals surface area contributed by atoms with Crippen molar-refractivity contribution in [2.75, 3.05) is 26.3 Å². The molecular formula is C16H27NO2. The predicted molar refractivity (Wildman–Crippen MR) is 76.9 cm³/mol. The Morgan fingerprint density at radius 3 is 2.47 bits per heavy atom. The minimum Gasteiger partial charge on any atom is -0.377 e. The number of amides is 1. The molecule has 0 aromatic rings. The Bertz CT molecular complexity index is 289. The maximum atomic E-state index is 12.4. The van der Waals surface area contributed by atoms with Gasteiger partial charge < -0.3 is 9.64 Å². The van der Waals surface area contributed by atoms with E-state index < -0.39 is 0 Å². The fourth-order valence-electron chi connectivity index (χ4n) is 3.25. The Hall–Kier alpha value is -0.830. The third-order valence-electron chi connectivity index (χ3n) is 4.47. The van der Waals surface area contributed by atoms with Gasteiger partial charge in [0.2, 0.25) is 5.91 Å². The van der Waals surface area contributed by atoms with Gasteiger partial charge in [0.15, 0.2) is 0 Å². The van der Waals surface area contributed by atoms with Crippen LogP contribution in [0.4, 0.5) is 0 Å². The monoisotopic (exact) mass is 265 g/mol. The smallest absolute Gasteiger partial charge is 0.225 e. The maximum Gasteiger partial charge on any atom is 0.225 e. The van der Waals surface area contributed by atoms with Crippen LogP contribution in [0, 0.1) is 11.8 Å². The van der Waals surface area contributed by atoms with Gasteiger partial charge in [-0.1, -0.05) is 25.3 Å². The summed E-state index contributed by atoms with van der Waals surface area (Å²) in [5.41, 5.74) is 0. The first kappa shape index (κ1) is 14.6. The zero-order valence-corrected chi connectivity index (χ0v) is 12.0. The van der Waals surface area contributed by atoms with Gasteiger partial charge in [0.05, 0.1) is 6.61 Å². The van der Waals surface area contributed by atoms with Crippen molar-refractivity contribution >= 4 is 5.91 Å². The number of hydrogen-bond donors (Lipinski definition) is 0. The highest BCUT2D eigenvalue weighted by Crippen LogP contribution is 2.27. The van der Waals surface area contributed by atoms with E-state index in [-0.39, 0.29) is 0 Å². The number of nitrogens with zero attached hydrogens (tertiary/aromatic N) is 1. The molecule has 2 aliphatic rings. The first-order valence-electron chi connectivity index (χ1n) is 7.78. The van der Waals surface area contributed by atoms with Gasteiger partial charge in [0.1, 0.15) is 0 Å². The molecule has 1 saturated carbocycles. The Labute approximate surface area is 117 Å². The van der Waals surface area contributed by atoms with Crippen LogP contribution in [-0.2, 0) is 9.53 Å². The van der Waals surface area contributed by atoms with Crippen LogP contribution < -0.4 is 0 Å². The second-order valence-corrected chi connectivity index (χ2v) is 5.93. The maximum absolute atomic E-state index is 12.4. The lowest BCUT2D eigenvalue weighted by atomic mass is 9.87. The zero-order chi connectivity index (χ0) is 13.5. The molecule has 108 valence electrons. The Kier molecular flexibility index (Phi) is 5.90. The first-order chi connectivity index (χ1) is 9.31. The normalized spacial score (nSPS) is 22.4. The molecule has 1 aliphatic carbocycles. The molecule has 19 heavy (non-hydrogen) atoms. The van der Waals surface area contributed by atoms with Gasteiger partial charge >= 0.3 is 0 Å². The van der Waals surface area contributed by atoms with Crippen molar-refractivity contribution in [2.24, 2.45) is 11.8 Å².